The van der Waals surface area contributed by atoms with Crippen molar-refractivity contribution >= 4 is 29.8 Å². The molecule has 0 fully saturated rings. The maximum Gasteiger partial charge on any atom is 0.344 e. The number of esters is 1. The van der Waals surface area contributed by atoms with Gasteiger partial charge >= 0.3 is 11.9 Å². The van der Waals surface area contributed by atoms with Gasteiger partial charge in [-0.2, -0.15) is 0 Å². The zero-order valence-electron chi connectivity index (χ0n) is 18.6. The summed E-state index contributed by atoms with van der Waals surface area (Å²) in [5.41, 5.74) is 1.17. The lowest BCUT2D eigenvalue weighted by molar-refractivity contribution is -0.145. The van der Waals surface area contributed by atoms with Crippen molar-refractivity contribution in [3.63, 3.8) is 0 Å². The number of thioether (sulfide) groups is 1. The van der Waals surface area contributed by atoms with Crippen LogP contribution in [0.3, 0.4) is 0 Å². The number of carboxylic acid groups (broad SMARTS) is 1. The molecule has 0 unspecified atom stereocenters. The Morgan fingerprint density at radius 2 is 1.71 bits per heavy atom. The third-order valence-corrected chi connectivity index (χ3v) is 5.10. The first-order valence-corrected chi connectivity index (χ1v) is 10.8. The number of ether oxygens (including phenoxy) is 4. The van der Waals surface area contributed by atoms with E-state index in [1.807, 2.05) is 0 Å². The molecule has 0 aliphatic rings. The molecule has 1 N–H and O–H groups in total. The Hall–Kier alpha value is -3.99. The van der Waals surface area contributed by atoms with E-state index in [2.05, 4.69) is 10.2 Å². The molecular formula is C23H22N2O8S. The van der Waals surface area contributed by atoms with Gasteiger partial charge in [0.05, 0.1) is 20.8 Å². The molecule has 0 atom stereocenters. The minimum absolute atomic E-state index is 0.0291. The van der Waals surface area contributed by atoms with Crippen LogP contribution in [-0.2, 0) is 14.3 Å². The highest BCUT2D eigenvalue weighted by Crippen LogP contribution is 2.33. The predicted molar refractivity (Wildman–Crippen MR) is 123 cm³/mol. The number of aliphatic carboxylic acids is 1. The van der Waals surface area contributed by atoms with Crippen molar-refractivity contribution in [3.05, 3.63) is 52.9 Å². The second kappa shape index (κ2) is 11.8. The summed E-state index contributed by atoms with van der Waals surface area (Å²) in [7, 11) is 3.05. The standard InChI is InChI=1S/C23H22N2O8S/c1-4-31-20(26)13-32-16-7-5-14(6-8-16)9-19(22(27)28)34-23-25-24-21(33-23)15-10-17(29-2)12-18(11-15)30-3/h5-12H,4,13H2,1-3H3,(H,27,28)/b19-9-. The van der Waals surface area contributed by atoms with E-state index in [1.54, 1.807) is 49.4 Å². The third-order valence-electron chi connectivity index (χ3n) is 4.25. The number of nitrogens with zero attached hydrogens (tertiary/aromatic N) is 2. The monoisotopic (exact) mass is 486 g/mol. The van der Waals surface area contributed by atoms with Crippen LogP contribution in [0.1, 0.15) is 12.5 Å². The molecule has 1 heterocycles. The van der Waals surface area contributed by atoms with Crippen LogP contribution in [0.4, 0.5) is 0 Å². The fourth-order valence-electron chi connectivity index (χ4n) is 2.68. The Labute approximate surface area is 199 Å². The van der Waals surface area contributed by atoms with Gasteiger partial charge in [0.1, 0.15) is 22.2 Å². The quantitative estimate of drug-likeness (QED) is 0.240. The number of methoxy groups -OCH3 is 2. The van der Waals surface area contributed by atoms with Crippen molar-refractivity contribution in [2.24, 2.45) is 0 Å². The largest absolute Gasteiger partial charge is 0.497 e. The van der Waals surface area contributed by atoms with Gasteiger partial charge in [0.15, 0.2) is 6.61 Å². The van der Waals surface area contributed by atoms with Crippen LogP contribution in [0.5, 0.6) is 17.2 Å². The van der Waals surface area contributed by atoms with Gasteiger partial charge in [-0.3, -0.25) is 0 Å². The van der Waals surface area contributed by atoms with E-state index in [-0.39, 0.29) is 29.2 Å². The first-order valence-electron chi connectivity index (χ1n) is 10.00. The van der Waals surface area contributed by atoms with Crippen LogP contribution in [0.25, 0.3) is 17.5 Å². The number of carboxylic acids is 1. The highest BCUT2D eigenvalue weighted by molar-refractivity contribution is 8.03. The molecule has 0 radical (unpaired) electrons. The maximum absolute atomic E-state index is 11.8. The van der Waals surface area contributed by atoms with E-state index in [4.69, 9.17) is 23.4 Å². The maximum atomic E-state index is 11.8. The molecule has 34 heavy (non-hydrogen) atoms. The van der Waals surface area contributed by atoms with Gasteiger partial charge in [0.25, 0.3) is 5.22 Å². The first-order chi connectivity index (χ1) is 16.4. The Morgan fingerprint density at radius 1 is 1.03 bits per heavy atom. The number of rotatable bonds is 11. The van der Waals surface area contributed by atoms with E-state index in [0.29, 0.717) is 28.4 Å². The van der Waals surface area contributed by atoms with Crippen molar-refractivity contribution in [1.82, 2.24) is 10.2 Å². The summed E-state index contributed by atoms with van der Waals surface area (Å²) in [6.07, 6.45) is 1.46. The third kappa shape index (κ3) is 6.75. The van der Waals surface area contributed by atoms with Crippen LogP contribution in [0.2, 0.25) is 0 Å². The summed E-state index contributed by atoms with van der Waals surface area (Å²) in [5, 5.41) is 17.6. The summed E-state index contributed by atoms with van der Waals surface area (Å²) < 4.78 is 26.3. The molecule has 10 nitrogen and oxygen atoms in total. The number of hydrogen-bond donors (Lipinski definition) is 1. The molecular weight excluding hydrogens is 464 g/mol. The fraction of sp³-hybridized carbons (Fsp3) is 0.217. The van der Waals surface area contributed by atoms with Crippen LogP contribution in [0, 0.1) is 0 Å². The molecule has 0 amide bonds. The number of carbonyl (C=O) groups excluding carboxylic acids is 1. The van der Waals surface area contributed by atoms with E-state index >= 15 is 0 Å². The number of aromatic nitrogens is 2. The molecule has 178 valence electrons. The molecule has 2 aromatic carbocycles. The molecule has 1 aromatic heterocycles. The number of carbonyl (C=O) groups is 2. The van der Waals surface area contributed by atoms with E-state index in [9.17, 15) is 14.7 Å². The topological polar surface area (TPSA) is 130 Å². The van der Waals surface area contributed by atoms with Gasteiger partial charge in [0.2, 0.25) is 5.89 Å². The van der Waals surface area contributed by atoms with Crippen molar-refractivity contribution in [2.75, 3.05) is 27.4 Å². The molecule has 0 bridgehead atoms. The van der Waals surface area contributed by atoms with Crippen molar-refractivity contribution < 1.29 is 38.1 Å². The average molecular weight is 487 g/mol. The lowest BCUT2D eigenvalue weighted by atomic mass is 10.2. The molecule has 3 aromatic rings. The molecule has 3 rings (SSSR count). The summed E-state index contributed by atoms with van der Waals surface area (Å²) >= 11 is 0.817. The van der Waals surface area contributed by atoms with Gasteiger partial charge in [-0.05, 0) is 54.6 Å². The van der Waals surface area contributed by atoms with Gasteiger partial charge in [-0.15, -0.1) is 10.2 Å². The van der Waals surface area contributed by atoms with Crippen molar-refractivity contribution in [2.45, 2.75) is 12.1 Å². The second-order valence-electron chi connectivity index (χ2n) is 6.55. The summed E-state index contributed by atoms with van der Waals surface area (Å²) in [6, 6.07) is 11.7. The lowest BCUT2D eigenvalue weighted by Crippen LogP contribution is -2.14. The smallest absolute Gasteiger partial charge is 0.344 e. The van der Waals surface area contributed by atoms with E-state index in [0.717, 1.165) is 11.8 Å². The number of benzene rings is 2. The fourth-order valence-corrected chi connectivity index (χ4v) is 3.36. The molecule has 0 saturated carbocycles. The van der Waals surface area contributed by atoms with Gasteiger partial charge < -0.3 is 28.5 Å². The number of hydrogen-bond acceptors (Lipinski definition) is 10. The zero-order valence-corrected chi connectivity index (χ0v) is 19.5. The molecule has 0 aliphatic carbocycles. The van der Waals surface area contributed by atoms with Gasteiger partial charge in [-0.25, -0.2) is 9.59 Å². The first kappa shape index (κ1) is 24.6. The highest BCUT2D eigenvalue weighted by Gasteiger charge is 2.17. The van der Waals surface area contributed by atoms with Crippen molar-refractivity contribution in [3.8, 4) is 28.7 Å². The van der Waals surface area contributed by atoms with Crippen LogP contribution < -0.4 is 14.2 Å². The summed E-state index contributed by atoms with van der Waals surface area (Å²) in [6.45, 7) is 1.77. The molecule has 11 heteroatoms. The average Bonchev–Trinajstić information content (AvgIpc) is 3.31. The van der Waals surface area contributed by atoms with Crippen LogP contribution in [0.15, 0.2) is 57.0 Å². The molecule has 0 saturated heterocycles. The summed E-state index contributed by atoms with van der Waals surface area (Å²) in [5.74, 6) is 0.0976. The molecule has 0 aliphatic heterocycles. The van der Waals surface area contributed by atoms with Gasteiger partial charge in [-0.1, -0.05) is 12.1 Å². The summed E-state index contributed by atoms with van der Waals surface area (Å²) in [4.78, 5) is 23.1. The van der Waals surface area contributed by atoms with Crippen LogP contribution in [-0.4, -0.2) is 54.7 Å². The highest BCUT2D eigenvalue weighted by atomic mass is 32.2. The van der Waals surface area contributed by atoms with E-state index < -0.39 is 11.9 Å². The second-order valence-corrected chi connectivity index (χ2v) is 7.55. The SMILES string of the molecule is CCOC(=O)COc1ccc(/C=C(\Sc2nnc(-c3cc(OC)cc(OC)c3)o2)C(=O)O)cc1. The van der Waals surface area contributed by atoms with Crippen molar-refractivity contribution in [1.29, 1.82) is 0 Å². The minimum atomic E-state index is -1.16. The Bertz CT molecular complexity index is 1150. The Kier molecular flexibility index (Phi) is 8.52. The zero-order chi connectivity index (χ0) is 24.5. The van der Waals surface area contributed by atoms with Gasteiger partial charge in [0, 0.05) is 11.6 Å². The van der Waals surface area contributed by atoms with Crippen LogP contribution >= 0.6 is 11.8 Å². The Balaban J connectivity index is 1.73. The normalized spacial score (nSPS) is 11.1. The Morgan fingerprint density at radius 3 is 2.29 bits per heavy atom. The lowest BCUT2D eigenvalue weighted by Gasteiger charge is -2.06. The van der Waals surface area contributed by atoms with E-state index in [1.165, 1.54) is 20.3 Å². The minimum Gasteiger partial charge on any atom is -0.497 e. The predicted octanol–water partition coefficient (Wildman–Crippen LogP) is 3.91. The molecule has 0 spiro atoms.